The topological polar surface area (TPSA) is 58.0 Å². The maximum atomic E-state index is 9.16. The lowest BCUT2D eigenvalue weighted by Crippen LogP contribution is -2.33. The van der Waals surface area contributed by atoms with Crippen molar-refractivity contribution in [2.75, 3.05) is 6.61 Å². The molecule has 0 spiro atoms. The molecular weight excluding hydrogens is 282 g/mol. The van der Waals surface area contributed by atoms with E-state index in [1.165, 1.54) is 0 Å². The minimum absolute atomic E-state index is 0.340. The highest BCUT2D eigenvalue weighted by Crippen LogP contribution is 2.25. The highest BCUT2D eigenvalue weighted by Gasteiger charge is 2.20. The second-order valence-corrected chi connectivity index (χ2v) is 6.50. The number of nitrogens with zero attached hydrogens (tertiary/aromatic N) is 2. The smallest absolute Gasteiger partial charge is 0.142 e. The minimum atomic E-state index is 0.340. The molecule has 2 heterocycles. The lowest BCUT2D eigenvalue weighted by Gasteiger charge is -2.27. The van der Waals surface area contributed by atoms with E-state index in [4.69, 9.17) is 5.11 Å². The summed E-state index contributed by atoms with van der Waals surface area (Å²) in [7, 11) is 0. The lowest BCUT2D eigenvalue weighted by atomic mass is 9.86. The van der Waals surface area contributed by atoms with Gasteiger partial charge in [0.2, 0.25) is 0 Å². The number of hydrogen-bond donors (Lipinski definition) is 2. The third-order valence-electron chi connectivity index (χ3n) is 4.11. The monoisotopic (exact) mass is 303 g/mol. The first-order chi connectivity index (χ1) is 10.3. The SMILES string of the molecule is OCC1CCC(NCc2csc(-c3ccccn3)n2)CC1. The quantitative estimate of drug-likeness (QED) is 0.892. The standard InChI is InChI=1S/C16H21N3OS/c20-10-12-4-6-13(7-5-12)18-9-14-11-21-16(19-14)15-3-1-2-8-17-15/h1-3,8,11-13,18,20H,4-7,9-10H2. The second kappa shape index (κ2) is 7.11. The molecule has 0 atom stereocenters. The van der Waals surface area contributed by atoms with Crippen LogP contribution in [0.25, 0.3) is 10.7 Å². The van der Waals surface area contributed by atoms with Crippen molar-refractivity contribution in [2.24, 2.45) is 5.92 Å². The second-order valence-electron chi connectivity index (χ2n) is 5.64. The number of nitrogens with one attached hydrogen (secondary N) is 1. The summed E-state index contributed by atoms with van der Waals surface area (Å²) in [6, 6.07) is 6.46. The van der Waals surface area contributed by atoms with E-state index < -0.39 is 0 Å². The highest BCUT2D eigenvalue weighted by atomic mass is 32.1. The first-order valence-electron chi connectivity index (χ1n) is 7.55. The van der Waals surface area contributed by atoms with Crippen LogP contribution < -0.4 is 5.32 Å². The molecule has 2 aromatic heterocycles. The third-order valence-corrected chi connectivity index (χ3v) is 5.03. The van der Waals surface area contributed by atoms with E-state index in [9.17, 15) is 0 Å². The molecule has 21 heavy (non-hydrogen) atoms. The summed E-state index contributed by atoms with van der Waals surface area (Å²) < 4.78 is 0. The summed E-state index contributed by atoms with van der Waals surface area (Å²) in [6.07, 6.45) is 6.37. The largest absolute Gasteiger partial charge is 0.396 e. The number of thiazole rings is 1. The van der Waals surface area contributed by atoms with Crippen LogP contribution in [0.2, 0.25) is 0 Å². The van der Waals surface area contributed by atoms with Crippen molar-refractivity contribution in [3.63, 3.8) is 0 Å². The molecule has 4 nitrogen and oxygen atoms in total. The van der Waals surface area contributed by atoms with Gasteiger partial charge in [-0.1, -0.05) is 6.07 Å². The summed E-state index contributed by atoms with van der Waals surface area (Å²) in [5.74, 6) is 0.512. The Balaban J connectivity index is 1.52. The predicted molar refractivity (Wildman–Crippen MR) is 85.0 cm³/mol. The molecule has 1 saturated carbocycles. The molecular formula is C16H21N3OS. The number of hydrogen-bond acceptors (Lipinski definition) is 5. The molecule has 0 aliphatic heterocycles. The van der Waals surface area contributed by atoms with Gasteiger partial charge in [0.25, 0.3) is 0 Å². The molecule has 0 aromatic carbocycles. The van der Waals surface area contributed by atoms with Crippen LogP contribution in [0.15, 0.2) is 29.8 Å². The van der Waals surface area contributed by atoms with Gasteiger partial charge in [0.15, 0.2) is 0 Å². The zero-order valence-electron chi connectivity index (χ0n) is 12.0. The average molecular weight is 303 g/mol. The van der Waals surface area contributed by atoms with Crippen molar-refractivity contribution in [3.8, 4) is 10.7 Å². The average Bonchev–Trinajstić information content (AvgIpc) is 3.03. The Hall–Kier alpha value is -1.30. The van der Waals surface area contributed by atoms with Gasteiger partial charge < -0.3 is 10.4 Å². The Morgan fingerprint density at radius 3 is 2.81 bits per heavy atom. The van der Waals surface area contributed by atoms with Crippen LogP contribution in [-0.4, -0.2) is 27.7 Å². The van der Waals surface area contributed by atoms with Gasteiger partial charge in [0.1, 0.15) is 5.01 Å². The molecule has 0 unspecified atom stereocenters. The number of rotatable bonds is 5. The molecule has 0 amide bonds. The Morgan fingerprint density at radius 2 is 2.10 bits per heavy atom. The van der Waals surface area contributed by atoms with Crippen molar-refractivity contribution >= 4 is 11.3 Å². The van der Waals surface area contributed by atoms with Crippen LogP contribution in [-0.2, 0) is 6.54 Å². The molecule has 1 aliphatic rings. The molecule has 2 N–H and O–H groups in total. The first kappa shape index (κ1) is 14.6. The number of aromatic nitrogens is 2. The predicted octanol–water partition coefficient (Wildman–Crippen LogP) is 2.85. The zero-order chi connectivity index (χ0) is 14.5. The maximum Gasteiger partial charge on any atom is 0.142 e. The number of pyridine rings is 1. The molecule has 1 aliphatic carbocycles. The van der Waals surface area contributed by atoms with E-state index in [0.717, 1.165) is 48.6 Å². The summed E-state index contributed by atoms with van der Waals surface area (Å²) in [6.45, 7) is 1.16. The fraction of sp³-hybridized carbons (Fsp3) is 0.500. The van der Waals surface area contributed by atoms with Crippen LogP contribution in [0, 0.1) is 5.92 Å². The van der Waals surface area contributed by atoms with Crippen molar-refractivity contribution in [1.82, 2.24) is 15.3 Å². The van der Waals surface area contributed by atoms with Crippen LogP contribution in [0.4, 0.5) is 0 Å². The van der Waals surface area contributed by atoms with Gasteiger partial charge >= 0.3 is 0 Å². The molecule has 0 bridgehead atoms. The molecule has 5 heteroatoms. The summed E-state index contributed by atoms with van der Waals surface area (Å²) in [5.41, 5.74) is 2.03. The molecule has 0 radical (unpaired) electrons. The number of aliphatic hydroxyl groups is 1. The van der Waals surface area contributed by atoms with Gasteiger partial charge in [0, 0.05) is 30.8 Å². The summed E-state index contributed by atoms with van der Waals surface area (Å²) in [5, 5.41) is 15.8. The van der Waals surface area contributed by atoms with Gasteiger partial charge in [-0.05, 0) is 43.7 Å². The molecule has 0 saturated heterocycles. The normalized spacial score (nSPS) is 22.3. The van der Waals surface area contributed by atoms with Gasteiger partial charge in [-0.25, -0.2) is 4.98 Å². The summed E-state index contributed by atoms with van der Waals surface area (Å²) in [4.78, 5) is 8.98. The van der Waals surface area contributed by atoms with Crippen LogP contribution in [0.1, 0.15) is 31.4 Å². The number of aliphatic hydroxyl groups excluding tert-OH is 1. The molecule has 1 fully saturated rings. The van der Waals surface area contributed by atoms with Crippen LogP contribution >= 0.6 is 11.3 Å². The minimum Gasteiger partial charge on any atom is -0.396 e. The fourth-order valence-electron chi connectivity index (χ4n) is 2.79. The van der Waals surface area contributed by atoms with Gasteiger partial charge in [-0.2, -0.15) is 0 Å². The Bertz CT molecular complexity index is 550. The van der Waals surface area contributed by atoms with E-state index in [1.807, 2.05) is 18.2 Å². The van der Waals surface area contributed by atoms with Crippen LogP contribution in [0.3, 0.4) is 0 Å². The fourth-order valence-corrected chi connectivity index (χ4v) is 3.59. The highest BCUT2D eigenvalue weighted by molar-refractivity contribution is 7.13. The van der Waals surface area contributed by atoms with Crippen LogP contribution in [0.5, 0.6) is 0 Å². The zero-order valence-corrected chi connectivity index (χ0v) is 12.9. The Morgan fingerprint density at radius 1 is 1.24 bits per heavy atom. The van der Waals surface area contributed by atoms with E-state index >= 15 is 0 Å². The van der Waals surface area contributed by atoms with Gasteiger partial charge in [-0.15, -0.1) is 11.3 Å². The van der Waals surface area contributed by atoms with E-state index in [0.29, 0.717) is 18.6 Å². The molecule has 3 rings (SSSR count). The van der Waals surface area contributed by atoms with E-state index in [-0.39, 0.29) is 0 Å². The first-order valence-corrected chi connectivity index (χ1v) is 8.43. The molecule has 2 aromatic rings. The Labute approximate surface area is 129 Å². The van der Waals surface area contributed by atoms with E-state index in [2.05, 4.69) is 20.7 Å². The maximum absolute atomic E-state index is 9.16. The van der Waals surface area contributed by atoms with Crippen molar-refractivity contribution < 1.29 is 5.11 Å². The van der Waals surface area contributed by atoms with Gasteiger partial charge in [-0.3, -0.25) is 4.98 Å². The Kier molecular flexibility index (Phi) is 4.95. The third kappa shape index (κ3) is 3.87. The van der Waals surface area contributed by atoms with Crippen molar-refractivity contribution in [2.45, 2.75) is 38.3 Å². The van der Waals surface area contributed by atoms with Crippen molar-refractivity contribution in [3.05, 3.63) is 35.5 Å². The van der Waals surface area contributed by atoms with E-state index in [1.54, 1.807) is 17.5 Å². The molecule has 112 valence electrons. The summed E-state index contributed by atoms with van der Waals surface area (Å²) >= 11 is 1.65. The van der Waals surface area contributed by atoms with Gasteiger partial charge in [0.05, 0.1) is 11.4 Å². The lowest BCUT2D eigenvalue weighted by molar-refractivity contribution is 0.175. The van der Waals surface area contributed by atoms with Crippen molar-refractivity contribution in [1.29, 1.82) is 0 Å².